The highest BCUT2D eigenvalue weighted by atomic mass is 35.5. The van der Waals surface area contributed by atoms with Crippen LogP contribution in [0.15, 0.2) is 42.7 Å². The van der Waals surface area contributed by atoms with Crippen LogP contribution in [0.3, 0.4) is 0 Å². The number of halogens is 3. The summed E-state index contributed by atoms with van der Waals surface area (Å²) in [5.41, 5.74) is 2.82. The number of hydrogen-bond acceptors (Lipinski definition) is 7. The van der Waals surface area contributed by atoms with E-state index in [1.807, 2.05) is 18.2 Å². The first-order valence-corrected chi connectivity index (χ1v) is 15.7. The van der Waals surface area contributed by atoms with Gasteiger partial charge in [-0.05, 0) is 57.7 Å². The summed E-state index contributed by atoms with van der Waals surface area (Å²) in [5, 5.41) is 1.67. The van der Waals surface area contributed by atoms with Gasteiger partial charge in [-0.2, -0.15) is 9.97 Å². The molecular formula is C33H39ClF2N6O2. The van der Waals surface area contributed by atoms with Crippen LogP contribution in [0, 0.1) is 11.2 Å². The average Bonchev–Trinajstić information content (AvgIpc) is 3.79. The monoisotopic (exact) mass is 624 g/mol. The van der Waals surface area contributed by atoms with Crippen molar-refractivity contribution in [3.8, 4) is 6.01 Å². The van der Waals surface area contributed by atoms with E-state index in [2.05, 4.69) is 42.2 Å². The fraction of sp³-hybridized carbons (Fsp3) is 0.485. The van der Waals surface area contributed by atoms with Gasteiger partial charge in [0.25, 0.3) is 5.91 Å². The van der Waals surface area contributed by atoms with Gasteiger partial charge in [0, 0.05) is 67.4 Å². The Kier molecular flexibility index (Phi) is 8.41. The molecule has 0 unspecified atom stereocenters. The van der Waals surface area contributed by atoms with Crippen molar-refractivity contribution in [2.24, 2.45) is 5.41 Å². The summed E-state index contributed by atoms with van der Waals surface area (Å²) in [5.74, 6) is -1.27. The molecule has 6 rings (SSSR count). The minimum atomic E-state index is -0.945. The van der Waals surface area contributed by atoms with Gasteiger partial charge in [0.1, 0.15) is 11.6 Å². The molecule has 0 atom stereocenters. The van der Waals surface area contributed by atoms with Gasteiger partial charge in [0.05, 0.1) is 23.9 Å². The summed E-state index contributed by atoms with van der Waals surface area (Å²) >= 11 is 6.49. The SMILES string of the molecule is C=C(F)C(=O)N1CCN(c2nc(OCC3(CN(C)C(C)C)CC3)nc3c2CCN(c2cccc4ccc(F)c(Cl)c24)C3)CC1. The van der Waals surface area contributed by atoms with Crippen molar-refractivity contribution in [2.45, 2.75) is 45.7 Å². The van der Waals surface area contributed by atoms with Crippen molar-refractivity contribution in [3.05, 3.63) is 64.8 Å². The highest BCUT2D eigenvalue weighted by Crippen LogP contribution is 2.47. The molecule has 0 radical (unpaired) electrons. The van der Waals surface area contributed by atoms with Gasteiger partial charge in [-0.1, -0.05) is 36.4 Å². The van der Waals surface area contributed by atoms with Crippen molar-refractivity contribution in [3.63, 3.8) is 0 Å². The second-order valence-electron chi connectivity index (χ2n) is 12.6. The van der Waals surface area contributed by atoms with Crippen LogP contribution in [0.5, 0.6) is 6.01 Å². The normalized spacial score (nSPS) is 17.8. The third-order valence-corrected chi connectivity index (χ3v) is 9.68. The Balaban J connectivity index is 1.30. The number of hydrogen-bond donors (Lipinski definition) is 0. The molecule has 0 N–H and O–H groups in total. The number of rotatable bonds is 9. The van der Waals surface area contributed by atoms with E-state index in [9.17, 15) is 13.6 Å². The first kappa shape index (κ1) is 30.5. The molecule has 44 heavy (non-hydrogen) atoms. The summed E-state index contributed by atoms with van der Waals surface area (Å²) in [4.78, 5) is 30.2. The summed E-state index contributed by atoms with van der Waals surface area (Å²) in [6.07, 6.45) is 2.87. The highest BCUT2D eigenvalue weighted by molar-refractivity contribution is 6.36. The third kappa shape index (κ3) is 6.06. The van der Waals surface area contributed by atoms with Crippen LogP contribution in [-0.4, -0.2) is 84.6 Å². The minimum Gasteiger partial charge on any atom is -0.463 e. The predicted octanol–water partition coefficient (Wildman–Crippen LogP) is 5.62. The Morgan fingerprint density at radius 3 is 2.55 bits per heavy atom. The van der Waals surface area contributed by atoms with Crippen molar-refractivity contribution in [2.75, 3.05) is 62.7 Å². The molecule has 3 aliphatic rings. The van der Waals surface area contributed by atoms with Crippen LogP contribution in [-0.2, 0) is 17.8 Å². The molecule has 1 saturated heterocycles. The van der Waals surface area contributed by atoms with Gasteiger partial charge in [0.2, 0.25) is 0 Å². The number of anilines is 2. The topological polar surface area (TPSA) is 65.0 Å². The van der Waals surface area contributed by atoms with Gasteiger partial charge < -0.3 is 24.3 Å². The molecule has 3 aromatic rings. The van der Waals surface area contributed by atoms with E-state index in [-0.39, 0.29) is 10.4 Å². The number of aromatic nitrogens is 2. The van der Waals surface area contributed by atoms with E-state index in [4.69, 9.17) is 26.3 Å². The Labute approximate surface area is 262 Å². The third-order valence-electron chi connectivity index (χ3n) is 9.31. The number of ether oxygens (including phenoxy) is 1. The second kappa shape index (κ2) is 12.1. The van der Waals surface area contributed by atoms with Crippen LogP contribution in [0.1, 0.15) is 37.9 Å². The molecule has 1 aromatic heterocycles. The number of nitrogens with zero attached hydrogens (tertiary/aromatic N) is 6. The minimum absolute atomic E-state index is 0.0923. The summed E-state index contributed by atoms with van der Waals surface area (Å²) in [6, 6.07) is 9.77. The maximum Gasteiger partial charge on any atom is 0.318 e. The maximum absolute atomic E-state index is 14.5. The molecule has 2 aromatic carbocycles. The molecule has 8 nitrogen and oxygen atoms in total. The fourth-order valence-corrected chi connectivity index (χ4v) is 6.49. The van der Waals surface area contributed by atoms with E-state index >= 15 is 0 Å². The molecule has 1 aliphatic carbocycles. The zero-order chi connectivity index (χ0) is 31.2. The maximum atomic E-state index is 14.5. The summed E-state index contributed by atoms with van der Waals surface area (Å²) in [6.45, 7) is 11.9. The number of piperazine rings is 1. The Hall–Kier alpha value is -3.50. The molecule has 0 spiro atoms. The van der Waals surface area contributed by atoms with E-state index in [1.54, 1.807) is 6.07 Å². The van der Waals surface area contributed by atoms with Gasteiger partial charge in [-0.3, -0.25) is 4.79 Å². The van der Waals surface area contributed by atoms with Crippen molar-refractivity contribution < 1.29 is 18.3 Å². The zero-order valence-electron chi connectivity index (χ0n) is 25.6. The van der Waals surface area contributed by atoms with Crippen LogP contribution in [0.2, 0.25) is 5.02 Å². The molecule has 3 heterocycles. The molecule has 2 fully saturated rings. The molecule has 2 aliphatic heterocycles. The number of carbonyl (C=O) groups excluding carboxylic acids is 1. The molecule has 0 bridgehead atoms. The smallest absolute Gasteiger partial charge is 0.318 e. The largest absolute Gasteiger partial charge is 0.463 e. The van der Waals surface area contributed by atoms with E-state index in [0.29, 0.717) is 69.7 Å². The molecule has 1 saturated carbocycles. The Bertz CT molecular complexity index is 1590. The average molecular weight is 625 g/mol. The lowest BCUT2D eigenvalue weighted by molar-refractivity contribution is -0.128. The zero-order valence-corrected chi connectivity index (χ0v) is 26.3. The van der Waals surface area contributed by atoms with Crippen molar-refractivity contribution >= 4 is 39.8 Å². The molecule has 234 valence electrons. The number of benzene rings is 2. The van der Waals surface area contributed by atoms with Crippen molar-refractivity contribution in [1.82, 2.24) is 19.8 Å². The van der Waals surface area contributed by atoms with Crippen LogP contribution < -0.4 is 14.5 Å². The lowest BCUT2D eigenvalue weighted by Gasteiger charge is -2.38. The fourth-order valence-electron chi connectivity index (χ4n) is 6.22. The quantitative estimate of drug-likeness (QED) is 0.287. The lowest BCUT2D eigenvalue weighted by Crippen LogP contribution is -2.49. The predicted molar refractivity (Wildman–Crippen MR) is 170 cm³/mol. The lowest BCUT2D eigenvalue weighted by atomic mass is 10.0. The first-order valence-electron chi connectivity index (χ1n) is 15.3. The van der Waals surface area contributed by atoms with Gasteiger partial charge >= 0.3 is 6.01 Å². The molecule has 11 heteroatoms. The second-order valence-corrected chi connectivity index (χ2v) is 13.0. The Morgan fingerprint density at radius 2 is 1.86 bits per heavy atom. The molecular weight excluding hydrogens is 586 g/mol. The number of amides is 1. The van der Waals surface area contributed by atoms with Crippen LogP contribution in [0.25, 0.3) is 10.8 Å². The van der Waals surface area contributed by atoms with Crippen LogP contribution in [0.4, 0.5) is 20.3 Å². The first-order chi connectivity index (χ1) is 21.0. The van der Waals surface area contributed by atoms with Gasteiger partial charge in [-0.25, -0.2) is 8.78 Å². The number of fused-ring (bicyclic) bond motifs is 2. The van der Waals surface area contributed by atoms with E-state index in [1.165, 1.54) is 11.0 Å². The van der Waals surface area contributed by atoms with Crippen molar-refractivity contribution in [1.29, 1.82) is 0 Å². The molecule has 1 amide bonds. The number of carbonyl (C=O) groups is 1. The van der Waals surface area contributed by atoms with E-state index < -0.39 is 17.6 Å². The van der Waals surface area contributed by atoms with Gasteiger partial charge in [-0.15, -0.1) is 0 Å². The summed E-state index contributed by atoms with van der Waals surface area (Å²) in [7, 11) is 2.14. The Morgan fingerprint density at radius 1 is 1.11 bits per heavy atom. The van der Waals surface area contributed by atoms with Crippen LogP contribution >= 0.6 is 11.6 Å². The van der Waals surface area contributed by atoms with Gasteiger partial charge in [0.15, 0.2) is 5.83 Å². The summed E-state index contributed by atoms with van der Waals surface area (Å²) < 4.78 is 34.4. The standard InChI is InChI=1S/C33H39ClF2N6O2/c1-21(2)39(4)19-33(11-12-33)20-44-32-37-26-18-42(27-7-5-6-23-8-9-25(36)29(34)28(23)27)13-10-24(26)30(38-32)40-14-16-41(17-15-40)31(43)22(3)35/h5-9,21H,3,10-20H2,1-2,4H3. The highest BCUT2D eigenvalue weighted by Gasteiger charge is 2.45. The van der Waals surface area contributed by atoms with E-state index in [0.717, 1.165) is 47.5 Å².